The summed E-state index contributed by atoms with van der Waals surface area (Å²) < 4.78 is 6.56. The summed E-state index contributed by atoms with van der Waals surface area (Å²) in [4.78, 5) is 0. The first-order valence-corrected chi connectivity index (χ1v) is 5.89. The summed E-state index contributed by atoms with van der Waals surface area (Å²) in [6.45, 7) is 2.09. The van der Waals surface area contributed by atoms with E-state index in [-0.39, 0.29) is 6.04 Å². The third kappa shape index (κ3) is 2.53. The Morgan fingerprint density at radius 1 is 1.20 bits per heavy atom. The Bertz CT molecular complexity index is 425. The molecule has 3 heteroatoms. The first kappa shape index (κ1) is 10.5. The molecule has 78 valence electrons. The minimum atomic E-state index is 0.191. The number of para-hydroxylation sites is 1. The summed E-state index contributed by atoms with van der Waals surface area (Å²) >= 11 is 2.32. The molecule has 0 aliphatic carbocycles. The highest BCUT2D eigenvalue weighted by Gasteiger charge is 2.08. The molecule has 2 nitrogen and oxygen atoms in total. The van der Waals surface area contributed by atoms with Crippen molar-refractivity contribution in [2.45, 2.75) is 13.0 Å². The summed E-state index contributed by atoms with van der Waals surface area (Å²) in [6.07, 6.45) is 1.70. The van der Waals surface area contributed by atoms with E-state index in [0.717, 1.165) is 11.4 Å². The summed E-state index contributed by atoms with van der Waals surface area (Å²) in [5.74, 6) is 0.953. The quantitative estimate of drug-likeness (QED) is 0.865. The summed E-state index contributed by atoms with van der Waals surface area (Å²) in [7, 11) is 0. The molecule has 0 bridgehead atoms. The standard InChI is InChI=1S/C12H12INO/c1-9(12-7-4-8-15-12)14-11-6-3-2-5-10(11)13/h2-9,14H,1H3. The molecule has 1 aromatic carbocycles. The number of hydrogen-bond donors (Lipinski definition) is 1. The molecule has 0 amide bonds. The lowest BCUT2D eigenvalue weighted by molar-refractivity contribution is 0.490. The van der Waals surface area contributed by atoms with E-state index in [4.69, 9.17) is 4.42 Å². The molecule has 0 fully saturated rings. The molecule has 1 aromatic heterocycles. The maximum Gasteiger partial charge on any atom is 0.125 e. The van der Waals surface area contributed by atoms with E-state index in [1.165, 1.54) is 3.57 Å². The van der Waals surface area contributed by atoms with Crippen LogP contribution in [0.5, 0.6) is 0 Å². The predicted molar refractivity (Wildman–Crippen MR) is 69.9 cm³/mol. The largest absolute Gasteiger partial charge is 0.467 e. The van der Waals surface area contributed by atoms with Gasteiger partial charge >= 0.3 is 0 Å². The number of halogens is 1. The van der Waals surface area contributed by atoms with Gasteiger partial charge in [-0.2, -0.15) is 0 Å². The van der Waals surface area contributed by atoms with E-state index >= 15 is 0 Å². The summed E-state index contributed by atoms with van der Waals surface area (Å²) in [6, 6.07) is 12.3. The van der Waals surface area contributed by atoms with Crippen LogP contribution in [0.3, 0.4) is 0 Å². The van der Waals surface area contributed by atoms with Gasteiger partial charge in [0.25, 0.3) is 0 Å². The smallest absolute Gasteiger partial charge is 0.125 e. The molecule has 0 saturated heterocycles. The molecule has 0 saturated carbocycles. The van der Waals surface area contributed by atoms with Gasteiger partial charge in [-0.3, -0.25) is 0 Å². The zero-order chi connectivity index (χ0) is 10.7. The summed E-state index contributed by atoms with van der Waals surface area (Å²) in [5.41, 5.74) is 1.14. The molecule has 0 spiro atoms. The Morgan fingerprint density at radius 3 is 2.67 bits per heavy atom. The molecule has 1 atom stereocenters. The van der Waals surface area contributed by atoms with E-state index in [2.05, 4.69) is 47.0 Å². The van der Waals surface area contributed by atoms with Crippen LogP contribution in [0.25, 0.3) is 0 Å². The number of anilines is 1. The van der Waals surface area contributed by atoms with Gasteiger partial charge in [0.15, 0.2) is 0 Å². The number of hydrogen-bond acceptors (Lipinski definition) is 2. The second kappa shape index (κ2) is 4.70. The van der Waals surface area contributed by atoms with Crippen LogP contribution >= 0.6 is 22.6 Å². The molecule has 0 aliphatic rings. The summed E-state index contributed by atoms with van der Waals surface area (Å²) in [5, 5.41) is 3.41. The zero-order valence-electron chi connectivity index (χ0n) is 8.41. The van der Waals surface area contributed by atoms with Gasteiger partial charge in [0, 0.05) is 9.26 Å². The number of nitrogens with one attached hydrogen (secondary N) is 1. The van der Waals surface area contributed by atoms with E-state index in [1.807, 2.05) is 24.3 Å². The van der Waals surface area contributed by atoms with Crippen molar-refractivity contribution in [3.63, 3.8) is 0 Å². The van der Waals surface area contributed by atoms with E-state index in [1.54, 1.807) is 6.26 Å². The maximum atomic E-state index is 5.34. The van der Waals surface area contributed by atoms with Crippen molar-refractivity contribution in [2.24, 2.45) is 0 Å². The van der Waals surface area contributed by atoms with Crippen LogP contribution < -0.4 is 5.32 Å². The minimum Gasteiger partial charge on any atom is -0.467 e. The molecular formula is C12H12INO. The van der Waals surface area contributed by atoms with Gasteiger partial charge in [-0.25, -0.2) is 0 Å². The zero-order valence-corrected chi connectivity index (χ0v) is 10.6. The molecule has 0 aliphatic heterocycles. The van der Waals surface area contributed by atoms with Crippen LogP contribution in [-0.4, -0.2) is 0 Å². The third-order valence-electron chi connectivity index (χ3n) is 2.22. The average molecular weight is 313 g/mol. The predicted octanol–water partition coefficient (Wildman–Crippen LogP) is 4.06. The Kier molecular flexibility index (Phi) is 3.30. The molecule has 15 heavy (non-hydrogen) atoms. The molecule has 2 aromatic rings. The van der Waals surface area contributed by atoms with Gasteiger partial charge in [-0.15, -0.1) is 0 Å². The van der Waals surface area contributed by atoms with Gasteiger partial charge in [0.05, 0.1) is 12.3 Å². The number of rotatable bonds is 3. The Morgan fingerprint density at radius 2 is 2.00 bits per heavy atom. The van der Waals surface area contributed by atoms with Crippen molar-refractivity contribution < 1.29 is 4.42 Å². The Labute approximate surface area is 103 Å². The lowest BCUT2D eigenvalue weighted by Gasteiger charge is -2.13. The normalized spacial score (nSPS) is 12.4. The van der Waals surface area contributed by atoms with Gasteiger partial charge in [0.1, 0.15) is 5.76 Å². The van der Waals surface area contributed by atoms with Crippen LogP contribution in [0.2, 0.25) is 0 Å². The van der Waals surface area contributed by atoms with Crippen molar-refractivity contribution in [1.29, 1.82) is 0 Å². The highest BCUT2D eigenvalue weighted by Crippen LogP contribution is 2.23. The van der Waals surface area contributed by atoms with E-state index in [9.17, 15) is 0 Å². The molecular weight excluding hydrogens is 301 g/mol. The second-order valence-corrected chi connectivity index (χ2v) is 4.52. The molecule has 0 radical (unpaired) electrons. The fraction of sp³-hybridized carbons (Fsp3) is 0.167. The van der Waals surface area contributed by atoms with Gasteiger partial charge < -0.3 is 9.73 Å². The number of benzene rings is 1. The van der Waals surface area contributed by atoms with Crippen LogP contribution in [0.1, 0.15) is 18.7 Å². The van der Waals surface area contributed by atoms with Crippen molar-refractivity contribution in [2.75, 3.05) is 5.32 Å². The van der Waals surface area contributed by atoms with Crippen LogP contribution in [0.4, 0.5) is 5.69 Å². The topological polar surface area (TPSA) is 25.2 Å². The Hall–Kier alpha value is -0.970. The molecule has 1 unspecified atom stereocenters. The average Bonchev–Trinajstić information content (AvgIpc) is 2.74. The van der Waals surface area contributed by atoms with Crippen molar-refractivity contribution in [3.05, 3.63) is 52.0 Å². The highest BCUT2D eigenvalue weighted by atomic mass is 127. The molecule has 1 N–H and O–H groups in total. The van der Waals surface area contributed by atoms with Crippen molar-refractivity contribution in [3.8, 4) is 0 Å². The highest BCUT2D eigenvalue weighted by molar-refractivity contribution is 14.1. The van der Waals surface area contributed by atoms with Crippen molar-refractivity contribution >= 4 is 28.3 Å². The SMILES string of the molecule is CC(Nc1ccccc1I)c1ccco1. The number of furan rings is 1. The minimum absolute atomic E-state index is 0.191. The lowest BCUT2D eigenvalue weighted by atomic mass is 10.2. The van der Waals surface area contributed by atoms with Gasteiger partial charge in [-0.1, -0.05) is 12.1 Å². The fourth-order valence-corrected chi connectivity index (χ4v) is 1.96. The third-order valence-corrected chi connectivity index (χ3v) is 3.16. The molecule has 2 rings (SSSR count). The second-order valence-electron chi connectivity index (χ2n) is 3.36. The Balaban J connectivity index is 2.13. The first-order chi connectivity index (χ1) is 7.27. The first-order valence-electron chi connectivity index (χ1n) is 4.82. The van der Waals surface area contributed by atoms with Crippen molar-refractivity contribution in [1.82, 2.24) is 0 Å². The monoisotopic (exact) mass is 313 g/mol. The van der Waals surface area contributed by atoms with Crippen LogP contribution in [0.15, 0.2) is 47.1 Å². The van der Waals surface area contributed by atoms with E-state index < -0.39 is 0 Å². The van der Waals surface area contributed by atoms with Gasteiger partial charge in [-0.05, 0) is 53.8 Å². The fourth-order valence-electron chi connectivity index (χ4n) is 1.42. The van der Waals surface area contributed by atoms with Gasteiger partial charge in [0.2, 0.25) is 0 Å². The maximum absolute atomic E-state index is 5.34. The van der Waals surface area contributed by atoms with E-state index in [0.29, 0.717) is 0 Å². The lowest BCUT2D eigenvalue weighted by Crippen LogP contribution is -2.06. The van der Waals surface area contributed by atoms with Crippen LogP contribution in [0, 0.1) is 3.57 Å². The molecule has 1 heterocycles. The van der Waals surface area contributed by atoms with Crippen LogP contribution in [-0.2, 0) is 0 Å².